The van der Waals surface area contributed by atoms with Crippen molar-refractivity contribution in [3.05, 3.63) is 29.5 Å². The summed E-state index contributed by atoms with van der Waals surface area (Å²) in [5, 5.41) is 14.3. The molecule has 1 amide bonds. The first-order chi connectivity index (χ1) is 11.7. The lowest BCUT2D eigenvalue weighted by atomic mass is 9.75. The van der Waals surface area contributed by atoms with E-state index in [1.807, 2.05) is 12.1 Å². The topological polar surface area (TPSA) is 76.4 Å². The summed E-state index contributed by atoms with van der Waals surface area (Å²) in [7, 11) is 0.550. The van der Waals surface area contributed by atoms with Crippen LogP contribution in [0.25, 0.3) is 17.1 Å². The van der Waals surface area contributed by atoms with Gasteiger partial charge in [0.2, 0.25) is 5.91 Å². The summed E-state index contributed by atoms with van der Waals surface area (Å²) in [5.74, 6) is 3.52. The van der Waals surface area contributed by atoms with Gasteiger partial charge in [0.15, 0.2) is 5.65 Å². The SMILES string of the molecule is O=C(NC1CC(c2cn(O)c3ncc4c(c23)C=CBO4)C1)C1CC1. The molecule has 2 aromatic heterocycles. The number of amides is 1. The van der Waals surface area contributed by atoms with Crippen molar-refractivity contribution in [2.75, 3.05) is 0 Å². The van der Waals surface area contributed by atoms with Crippen LogP contribution in [0.2, 0.25) is 0 Å². The fourth-order valence-electron chi connectivity index (χ4n) is 3.76. The number of carbonyl (C=O) groups excluding carboxylic acids is 1. The highest BCUT2D eigenvalue weighted by atomic mass is 16.5. The minimum absolute atomic E-state index is 0.207. The standard InChI is InChI=1S/C17H18BN3O3/c22-17(9-1-2-9)20-11-5-10(6-11)13-8-21(23)16-15(13)12-3-4-18-24-14(12)7-19-16/h3-4,7-11,18,23H,1-2,5-6H2,(H,20,22). The second kappa shape index (κ2) is 5.03. The maximum atomic E-state index is 11.9. The lowest BCUT2D eigenvalue weighted by Crippen LogP contribution is -2.44. The maximum absolute atomic E-state index is 11.9. The Hall–Kier alpha value is -2.44. The molecule has 2 aliphatic carbocycles. The fourth-order valence-corrected chi connectivity index (χ4v) is 3.76. The molecule has 7 heteroatoms. The number of carbonyl (C=O) groups is 1. The predicted molar refractivity (Wildman–Crippen MR) is 90.4 cm³/mol. The molecule has 0 atom stereocenters. The highest BCUT2D eigenvalue weighted by molar-refractivity contribution is 6.38. The van der Waals surface area contributed by atoms with E-state index in [-0.39, 0.29) is 17.9 Å². The molecule has 0 bridgehead atoms. The van der Waals surface area contributed by atoms with Gasteiger partial charge in [-0.25, -0.2) is 4.98 Å². The Balaban J connectivity index is 1.43. The quantitative estimate of drug-likeness (QED) is 0.667. The number of rotatable bonds is 3. The first-order valence-electron chi connectivity index (χ1n) is 8.53. The van der Waals surface area contributed by atoms with Crippen LogP contribution in [0.5, 0.6) is 5.75 Å². The van der Waals surface area contributed by atoms with E-state index in [0.29, 0.717) is 19.0 Å². The number of hydrogen-bond acceptors (Lipinski definition) is 4. The second-order valence-electron chi connectivity index (χ2n) is 7.03. The lowest BCUT2D eigenvalue weighted by Gasteiger charge is -2.36. The van der Waals surface area contributed by atoms with Crippen molar-refractivity contribution < 1.29 is 14.7 Å². The number of hydrogen-bond donors (Lipinski definition) is 2. The summed E-state index contributed by atoms with van der Waals surface area (Å²) in [6, 6.07) is 0.250. The fraction of sp³-hybridized carbons (Fsp3) is 0.412. The van der Waals surface area contributed by atoms with Gasteiger partial charge in [-0.1, -0.05) is 12.1 Å². The Morgan fingerprint density at radius 3 is 3.04 bits per heavy atom. The molecule has 2 fully saturated rings. The van der Waals surface area contributed by atoms with Crippen molar-refractivity contribution in [1.29, 1.82) is 0 Å². The number of aromatic nitrogens is 2. The molecule has 0 spiro atoms. The molecule has 3 aliphatic rings. The molecule has 2 saturated carbocycles. The van der Waals surface area contributed by atoms with Crippen molar-refractivity contribution in [2.45, 2.75) is 37.6 Å². The zero-order valence-corrected chi connectivity index (χ0v) is 13.2. The summed E-state index contributed by atoms with van der Waals surface area (Å²) in [6.45, 7) is 0. The van der Waals surface area contributed by atoms with Crippen molar-refractivity contribution in [2.24, 2.45) is 5.92 Å². The molecule has 6 nitrogen and oxygen atoms in total. The summed E-state index contributed by atoms with van der Waals surface area (Å²) >= 11 is 0. The number of nitrogens with one attached hydrogen (secondary N) is 1. The average molecular weight is 323 g/mol. The summed E-state index contributed by atoms with van der Waals surface area (Å²) in [6.07, 6.45) is 9.34. The molecule has 2 aromatic rings. The molecular weight excluding hydrogens is 305 g/mol. The highest BCUT2D eigenvalue weighted by Gasteiger charge is 2.37. The van der Waals surface area contributed by atoms with E-state index in [1.54, 1.807) is 12.4 Å². The van der Waals surface area contributed by atoms with Gasteiger partial charge in [-0.15, -0.1) is 0 Å². The second-order valence-corrected chi connectivity index (χ2v) is 7.03. The molecule has 3 heterocycles. The number of fused-ring (bicyclic) bond motifs is 3. The summed E-state index contributed by atoms with van der Waals surface area (Å²) in [5.41, 5.74) is 2.63. The first-order valence-corrected chi connectivity index (χ1v) is 8.53. The zero-order valence-electron chi connectivity index (χ0n) is 13.2. The van der Waals surface area contributed by atoms with Crippen molar-refractivity contribution >= 4 is 30.5 Å². The van der Waals surface area contributed by atoms with Crippen LogP contribution in [0.3, 0.4) is 0 Å². The van der Waals surface area contributed by atoms with Crippen LogP contribution < -0.4 is 9.97 Å². The van der Waals surface area contributed by atoms with E-state index in [2.05, 4.69) is 10.3 Å². The van der Waals surface area contributed by atoms with Crippen LogP contribution in [0.4, 0.5) is 0 Å². The molecule has 0 saturated heterocycles. The van der Waals surface area contributed by atoms with Crippen LogP contribution in [-0.4, -0.2) is 34.4 Å². The molecule has 0 radical (unpaired) electrons. The normalized spacial score (nSPS) is 24.7. The Labute approximate surface area is 139 Å². The molecule has 2 N–H and O–H groups in total. The van der Waals surface area contributed by atoms with Gasteiger partial charge >= 0.3 is 7.48 Å². The van der Waals surface area contributed by atoms with Gasteiger partial charge in [-0.3, -0.25) is 4.79 Å². The van der Waals surface area contributed by atoms with Gasteiger partial charge in [0.05, 0.1) is 6.20 Å². The van der Waals surface area contributed by atoms with Crippen LogP contribution in [0.1, 0.15) is 42.7 Å². The van der Waals surface area contributed by atoms with Crippen molar-refractivity contribution in [3.8, 4) is 5.75 Å². The summed E-state index contributed by atoms with van der Waals surface area (Å²) < 4.78 is 6.74. The third kappa shape index (κ3) is 2.11. The average Bonchev–Trinajstić information content (AvgIpc) is 3.35. The maximum Gasteiger partial charge on any atom is 0.366 e. The van der Waals surface area contributed by atoms with E-state index >= 15 is 0 Å². The van der Waals surface area contributed by atoms with Crippen LogP contribution in [0.15, 0.2) is 18.4 Å². The smallest absolute Gasteiger partial charge is 0.366 e. The van der Waals surface area contributed by atoms with Gasteiger partial charge < -0.3 is 15.2 Å². The van der Waals surface area contributed by atoms with E-state index in [9.17, 15) is 10.0 Å². The Morgan fingerprint density at radius 2 is 2.25 bits per heavy atom. The monoisotopic (exact) mass is 323 g/mol. The molecular formula is C17H18BN3O3. The summed E-state index contributed by atoms with van der Waals surface area (Å²) in [4.78, 5) is 16.2. The van der Waals surface area contributed by atoms with Crippen LogP contribution >= 0.6 is 0 Å². The number of nitrogens with zero attached hydrogens (tertiary/aromatic N) is 2. The van der Waals surface area contributed by atoms with Crippen molar-refractivity contribution in [3.63, 3.8) is 0 Å². The molecule has 0 unspecified atom stereocenters. The highest BCUT2D eigenvalue weighted by Crippen LogP contribution is 2.43. The van der Waals surface area contributed by atoms with Gasteiger partial charge in [-0.05, 0) is 37.2 Å². The van der Waals surface area contributed by atoms with Crippen LogP contribution in [-0.2, 0) is 4.79 Å². The van der Waals surface area contributed by atoms with E-state index < -0.39 is 0 Å². The largest absolute Gasteiger partial charge is 0.558 e. The molecule has 24 heavy (non-hydrogen) atoms. The molecule has 0 aromatic carbocycles. The van der Waals surface area contributed by atoms with Gasteiger partial charge in [0, 0.05) is 29.1 Å². The number of pyridine rings is 1. The van der Waals surface area contributed by atoms with E-state index in [4.69, 9.17) is 4.65 Å². The Morgan fingerprint density at radius 1 is 1.42 bits per heavy atom. The van der Waals surface area contributed by atoms with Crippen molar-refractivity contribution in [1.82, 2.24) is 15.0 Å². The van der Waals surface area contributed by atoms with E-state index in [1.165, 1.54) is 0 Å². The molecule has 1 aliphatic heterocycles. The Bertz CT molecular complexity index is 866. The zero-order chi connectivity index (χ0) is 16.3. The molecule has 122 valence electrons. The third-order valence-electron chi connectivity index (χ3n) is 5.32. The van der Waals surface area contributed by atoms with E-state index in [0.717, 1.165) is 52.7 Å². The van der Waals surface area contributed by atoms with Gasteiger partial charge in [0.25, 0.3) is 0 Å². The first kappa shape index (κ1) is 14.0. The Kier molecular flexibility index (Phi) is 2.92. The lowest BCUT2D eigenvalue weighted by molar-refractivity contribution is -0.123. The van der Waals surface area contributed by atoms with Crippen LogP contribution in [0, 0.1) is 5.92 Å². The minimum atomic E-state index is 0.207. The third-order valence-corrected chi connectivity index (χ3v) is 5.32. The minimum Gasteiger partial charge on any atom is -0.558 e. The predicted octanol–water partition coefficient (Wildman–Crippen LogP) is 1.76. The van der Waals surface area contributed by atoms with Gasteiger partial charge in [-0.2, -0.15) is 4.73 Å². The van der Waals surface area contributed by atoms with Gasteiger partial charge in [0.1, 0.15) is 5.75 Å². The molecule has 5 rings (SSSR count).